The van der Waals surface area contributed by atoms with Crippen LogP contribution in [0.15, 0.2) is 128 Å². The maximum atomic E-state index is 15.6. The average molecular weight is 850 g/mol. The summed E-state index contributed by atoms with van der Waals surface area (Å²) in [5, 5.41) is 20.6. The third-order valence-corrected chi connectivity index (χ3v) is 17.6. The van der Waals surface area contributed by atoms with Crippen LogP contribution in [0.1, 0.15) is 41.6 Å². The van der Waals surface area contributed by atoms with Crippen LogP contribution < -0.4 is 29.2 Å². The summed E-state index contributed by atoms with van der Waals surface area (Å²) in [5.74, 6) is 1.22. The van der Waals surface area contributed by atoms with Gasteiger partial charge in [0, 0.05) is 29.9 Å². The number of carbonyl (C=O) groups is 2. The van der Waals surface area contributed by atoms with E-state index in [9.17, 15) is 9.90 Å². The molecule has 6 aromatic rings. The highest BCUT2D eigenvalue weighted by Gasteiger charge is 2.66. The van der Waals surface area contributed by atoms with Crippen LogP contribution in [0, 0.1) is 5.92 Å². The van der Waals surface area contributed by atoms with Gasteiger partial charge in [-0.3, -0.25) is 19.2 Å². The molecule has 2 amide bonds. The van der Waals surface area contributed by atoms with Gasteiger partial charge < -0.3 is 29.0 Å². The number of ether oxygens (including phenoxy) is 4. The Morgan fingerprint density at radius 1 is 0.871 bits per heavy atom. The fourth-order valence-electron chi connectivity index (χ4n) is 10.1. The van der Waals surface area contributed by atoms with Crippen LogP contribution in [0.5, 0.6) is 17.2 Å². The molecule has 4 heterocycles. The molecule has 5 atom stereocenters. The second-order valence-corrected chi connectivity index (χ2v) is 21.6. The number of hydrogen-bond donors (Lipinski definition) is 1. The van der Waals surface area contributed by atoms with Crippen molar-refractivity contribution in [2.45, 2.75) is 62.7 Å². The van der Waals surface area contributed by atoms with Crippen LogP contribution in [0.4, 0.5) is 17.1 Å². The molecule has 1 fully saturated rings. The number of hydrogen-bond acceptors (Lipinski definition) is 9. The predicted molar refractivity (Wildman–Crippen MR) is 239 cm³/mol. The monoisotopic (exact) mass is 849 g/mol. The molecule has 9 rings (SSSR count). The molecule has 0 saturated carbocycles. The first-order valence-electron chi connectivity index (χ1n) is 21.1. The van der Waals surface area contributed by atoms with Gasteiger partial charge in [-0.2, -0.15) is 0 Å². The van der Waals surface area contributed by atoms with E-state index in [1.165, 1.54) is 5.19 Å². The number of carbonyl (C=O) groups excluding carboxylic acids is 2. The lowest BCUT2D eigenvalue weighted by molar-refractivity contribution is -0.146. The first-order chi connectivity index (χ1) is 30.1. The van der Waals surface area contributed by atoms with Crippen LogP contribution in [0.2, 0.25) is 18.6 Å². The molecule has 1 unspecified atom stereocenters. The number of amides is 2. The fraction of sp³-hybridized carbons (Fsp3) is 0.306. The lowest BCUT2D eigenvalue weighted by Gasteiger charge is -2.37. The highest BCUT2D eigenvalue weighted by Crippen LogP contribution is 2.60. The molecule has 1 spiro atoms. The van der Waals surface area contributed by atoms with Crippen LogP contribution in [0.25, 0.3) is 0 Å². The van der Waals surface area contributed by atoms with Crippen molar-refractivity contribution in [3.63, 3.8) is 0 Å². The lowest BCUT2D eigenvalue weighted by Crippen LogP contribution is -2.51. The van der Waals surface area contributed by atoms with Crippen LogP contribution in [-0.2, 0) is 33.0 Å². The number of para-hydroxylation sites is 2. The first kappa shape index (κ1) is 41.1. The Kier molecular flexibility index (Phi) is 11.0. The van der Waals surface area contributed by atoms with Crippen LogP contribution in [0.3, 0.4) is 0 Å². The van der Waals surface area contributed by atoms with Crippen LogP contribution >= 0.6 is 0 Å². The number of fused-ring (bicyclic) bond motifs is 3. The van der Waals surface area contributed by atoms with E-state index in [0.29, 0.717) is 41.5 Å². The van der Waals surface area contributed by atoms with Gasteiger partial charge in [-0.05, 0) is 77.7 Å². The summed E-state index contributed by atoms with van der Waals surface area (Å²) in [7, 11) is 0.862. The quantitative estimate of drug-likeness (QED) is 0.119. The van der Waals surface area contributed by atoms with Crippen molar-refractivity contribution >= 4 is 42.1 Å². The molecule has 5 aromatic carbocycles. The Morgan fingerprint density at radius 2 is 1.61 bits per heavy atom. The standard InChI is InChI=1S/C49H51N5O7Si/c1-32-47(62(4,5)38-21-18-36(58-2)19-22-38)45(24-25-52-29-41(50-51-52)39(30-55)34-13-7-6-8-14-34)61-49(32)40-27-37(59-3)20-23-42(40)53(48(49)57)28-33-12-11-15-35(26-33)54-43-16-9-10-17-44(43)60-31-46(54)56/h6-23,26-27,29,32,39,45,47,55H,24-25,28,30-31H2,1-5H3/t32-,39?,45+,47-,49+/m0/s1. The van der Waals surface area contributed by atoms with E-state index >= 15 is 4.79 Å². The largest absolute Gasteiger partial charge is 0.497 e. The number of aliphatic hydroxyl groups is 1. The number of anilines is 3. The van der Waals surface area contributed by atoms with Crippen molar-refractivity contribution in [2.75, 3.05) is 37.2 Å². The molecule has 0 radical (unpaired) electrons. The summed E-state index contributed by atoms with van der Waals surface area (Å²) in [6.45, 7) is 7.50. The van der Waals surface area contributed by atoms with E-state index in [2.05, 4.69) is 42.5 Å². The molecule has 318 valence electrons. The Balaban J connectivity index is 1.07. The third-order valence-electron chi connectivity index (χ3n) is 13.2. The molecule has 1 N–H and O–H groups in total. The molecule has 12 nitrogen and oxygen atoms in total. The van der Waals surface area contributed by atoms with Crippen molar-refractivity contribution < 1.29 is 33.6 Å². The highest BCUT2D eigenvalue weighted by molar-refractivity contribution is 6.91. The zero-order chi connectivity index (χ0) is 43.2. The van der Waals surface area contributed by atoms with Crippen LogP contribution in [-0.4, -0.2) is 73.5 Å². The number of nitrogens with zero attached hydrogens (tertiary/aromatic N) is 5. The van der Waals surface area contributed by atoms with Gasteiger partial charge in [0.15, 0.2) is 12.2 Å². The number of rotatable bonds is 13. The molecule has 0 aliphatic carbocycles. The Labute approximate surface area is 362 Å². The Morgan fingerprint density at radius 3 is 2.37 bits per heavy atom. The predicted octanol–water partition coefficient (Wildman–Crippen LogP) is 7.33. The maximum Gasteiger partial charge on any atom is 0.269 e. The summed E-state index contributed by atoms with van der Waals surface area (Å²) >= 11 is 0. The first-order valence-corrected chi connectivity index (χ1v) is 24.2. The number of aliphatic hydroxyl groups excluding tert-OH is 1. The summed E-state index contributed by atoms with van der Waals surface area (Å²) in [4.78, 5) is 32.4. The van der Waals surface area contributed by atoms with Gasteiger partial charge in [0.25, 0.3) is 11.8 Å². The molecule has 13 heteroatoms. The normalized spacial score (nSPS) is 21.2. The van der Waals surface area contributed by atoms with Crippen molar-refractivity contribution in [2.24, 2.45) is 5.92 Å². The topological polar surface area (TPSA) is 128 Å². The van der Waals surface area contributed by atoms with Gasteiger partial charge in [0.05, 0.1) is 64.5 Å². The fourth-order valence-corrected chi connectivity index (χ4v) is 14.2. The van der Waals surface area contributed by atoms with Gasteiger partial charge in [-0.1, -0.05) is 97.1 Å². The molecule has 3 aliphatic heterocycles. The number of aryl methyl sites for hydroxylation is 1. The second-order valence-electron chi connectivity index (χ2n) is 16.9. The smallest absolute Gasteiger partial charge is 0.269 e. The zero-order valence-electron chi connectivity index (χ0n) is 35.6. The highest BCUT2D eigenvalue weighted by atomic mass is 28.3. The van der Waals surface area contributed by atoms with Gasteiger partial charge in [0.1, 0.15) is 17.2 Å². The summed E-state index contributed by atoms with van der Waals surface area (Å²) in [6.07, 6.45) is 2.15. The second kappa shape index (κ2) is 16.5. The van der Waals surface area contributed by atoms with E-state index < -0.39 is 13.7 Å². The maximum absolute atomic E-state index is 15.6. The van der Waals surface area contributed by atoms with Gasteiger partial charge in [0.2, 0.25) is 0 Å². The van der Waals surface area contributed by atoms with E-state index in [-0.39, 0.29) is 55.1 Å². The summed E-state index contributed by atoms with van der Waals surface area (Å²) in [5.41, 5.74) is 4.12. The zero-order valence-corrected chi connectivity index (χ0v) is 36.6. The van der Waals surface area contributed by atoms with Gasteiger partial charge >= 0.3 is 0 Å². The molecule has 1 aromatic heterocycles. The third kappa shape index (κ3) is 7.03. The molecule has 62 heavy (non-hydrogen) atoms. The number of aromatic nitrogens is 3. The minimum atomic E-state index is -2.44. The van der Waals surface area contributed by atoms with E-state index in [4.69, 9.17) is 18.9 Å². The van der Waals surface area contributed by atoms with E-state index in [1.807, 2.05) is 125 Å². The van der Waals surface area contributed by atoms with Crippen molar-refractivity contribution in [1.29, 1.82) is 0 Å². The Bertz CT molecular complexity index is 2600. The average Bonchev–Trinajstić information content (AvgIpc) is 3.96. The minimum Gasteiger partial charge on any atom is -0.497 e. The summed E-state index contributed by atoms with van der Waals surface area (Å²) in [6, 6.07) is 39.3. The van der Waals surface area contributed by atoms with Crippen molar-refractivity contribution in [1.82, 2.24) is 15.0 Å². The van der Waals surface area contributed by atoms with Crippen molar-refractivity contribution in [3.05, 3.63) is 150 Å². The Hall–Kier alpha value is -6.28. The molecule has 0 bridgehead atoms. The molecular weight excluding hydrogens is 799 g/mol. The molecule has 1 saturated heterocycles. The number of methoxy groups -OCH3 is 2. The van der Waals surface area contributed by atoms with Gasteiger partial charge in [-0.25, -0.2) is 0 Å². The lowest BCUT2D eigenvalue weighted by atomic mass is 9.82. The number of benzene rings is 5. The molecule has 3 aliphatic rings. The van der Waals surface area contributed by atoms with Crippen molar-refractivity contribution in [3.8, 4) is 17.2 Å². The van der Waals surface area contributed by atoms with E-state index in [0.717, 1.165) is 28.1 Å². The SMILES string of the molecule is COc1ccc([Si](C)(C)[C@@H]2[C@@H](CCn3cc(C(CO)c4ccccc4)nn3)O[C@]3(C(=O)N(Cc4cccc(N5C(=O)COc6ccccc65)c4)c4ccc(OC)cc43)[C@H]2C)cc1. The molecular formula is C49H51N5O7Si. The minimum absolute atomic E-state index is 0.00734. The van der Waals surface area contributed by atoms with E-state index in [1.54, 1.807) is 19.1 Å². The van der Waals surface area contributed by atoms with Gasteiger partial charge in [-0.15, -0.1) is 5.10 Å². The summed E-state index contributed by atoms with van der Waals surface area (Å²) < 4.78 is 26.3.